The molecule has 178 valence electrons. The van der Waals surface area contributed by atoms with Crippen molar-refractivity contribution in [3.8, 4) is 0 Å². The van der Waals surface area contributed by atoms with E-state index in [2.05, 4.69) is 104 Å². The first-order valence-electron chi connectivity index (χ1n) is 7.65. The van der Waals surface area contributed by atoms with Gasteiger partial charge in [-0.3, -0.25) is 0 Å². The number of likely N-dealkylation sites (N-methyl/N-ethyl adjacent to an activating group) is 1. The average Bonchev–Trinajstić information content (AvgIpc) is 3.23. The van der Waals surface area contributed by atoms with Crippen LogP contribution in [0.25, 0.3) is 10.9 Å². The van der Waals surface area contributed by atoms with Crippen molar-refractivity contribution in [3.05, 3.63) is 86.5 Å². The first-order chi connectivity index (χ1) is 15.0. The van der Waals surface area contributed by atoms with Gasteiger partial charge in [-0.2, -0.15) is 0 Å². The van der Waals surface area contributed by atoms with Crippen LogP contribution in [0.2, 0.25) is 0 Å². The van der Waals surface area contributed by atoms with Crippen molar-refractivity contribution in [3.63, 3.8) is 0 Å². The number of allylic oxidation sites excluding steroid dienone is 1. The van der Waals surface area contributed by atoms with Crippen LogP contribution in [0.5, 0.6) is 0 Å². The second-order valence-corrected chi connectivity index (χ2v) is 6.21. The minimum atomic E-state index is -0.283. The van der Waals surface area contributed by atoms with Gasteiger partial charge in [-0.1, -0.05) is 42.4 Å². The summed E-state index contributed by atoms with van der Waals surface area (Å²) >= 11 is 3.51. The quantitative estimate of drug-likeness (QED) is 0.390. The molecule has 0 saturated heterocycles. The van der Waals surface area contributed by atoms with Gasteiger partial charge >= 0.3 is 67.8 Å². The minimum absolute atomic E-state index is 0. The summed E-state index contributed by atoms with van der Waals surface area (Å²) in [5.41, 5.74) is 3.33. The Morgan fingerprint density at radius 3 is 1.73 bits per heavy atom. The molecule has 0 aliphatic rings. The molecule has 0 atom stereocenters. The Labute approximate surface area is 223 Å². The van der Waals surface area contributed by atoms with Gasteiger partial charge in [-0.05, 0) is 43.8 Å². The second-order valence-electron chi connectivity index (χ2n) is 5.29. The van der Waals surface area contributed by atoms with Gasteiger partial charge in [0.05, 0.1) is 0 Å². The topological polar surface area (TPSA) is 147 Å². The SMILES string of the molecule is [C-]#[O+].[C-]#[O+].[C-]#[O+].[C-]#[O+].[C-]#[O+].[C-]#[O+].[CH]=[C]C(C)(C)c1[nH]c2cc(Br)ccc2c1CCNC.[Co].[Co]. The van der Waals surface area contributed by atoms with Gasteiger partial charge in [-0.25, -0.2) is 0 Å². The molecule has 1 aromatic heterocycles. The van der Waals surface area contributed by atoms with Crippen LogP contribution in [-0.4, -0.2) is 18.6 Å². The van der Waals surface area contributed by atoms with Crippen LogP contribution in [0.4, 0.5) is 0 Å². The zero-order valence-corrected chi connectivity index (χ0v) is 21.4. The number of hydrogen-bond acceptors (Lipinski definition) is 1. The largest absolute Gasteiger partial charge is 0.357 e. The van der Waals surface area contributed by atoms with Crippen molar-refractivity contribution in [2.75, 3.05) is 13.6 Å². The molecular weight excluding hydrogens is 586 g/mol. The predicted octanol–water partition coefficient (Wildman–Crippen LogP) is 3.53. The maximum Gasteiger partial charge on any atom is 0.0470 e. The molecule has 1 aromatic carbocycles. The number of nitrogens with one attached hydrogen (secondary N) is 2. The smallest absolute Gasteiger partial charge is 0.0470 e. The van der Waals surface area contributed by atoms with Gasteiger partial charge in [-0.15, -0.1) is 0 Å². The Hall–Kier alpha value is -1.61. The fourth-order valence-corrected chi connectivity index (χ4v) is 2.70. The van der Waals surface area contributed by atoms with E-state index < -0.39 is 0 Å². The van der Waals surface area contributed by atoms with Gasteiger partial charge in [0.2, 0.25) is 0 Å². The van der Waals surface area contributed by atoms with Gasteiger partial charge < -0.3 is 10.3 Å². The molecule has 0 aliphatic heterocycles. The first kappa shape index (κ1) is 48.7. The van der Waals surface area contributed by atoms with Crippen LogP contribution in [-0.2, 0) is 73.3 Å². The van der Waals surface area contributed by atoms with E-state index >= 15 is 0 Å². The van der Waals surface area contributed by atoms with Crippen LogP contribution < -0.4 is 5.32 Å². The standard InChI is InChI=1S/C16H19BrN2.6CO.2Co/c1-5-16(2,3)15-13(8-9-18-4)12-7-6-11(17)10-14(12)19-15;6*1-2;;/h1,6-7,10,18-19H,8-9H2,2-4H3;;;;;;;;. The normalized spacial score (nSPS) is 7.27. The van der Waals surface area contributed by atoms with Crippen molar-refractivity contribution in [2.24, 2.45) is 0 Å². The Balaban J connectivity index is -0.0000000844. The van der Waals surface area contributed by atoms with Crippen molar-refractivity contribution >= 4 is 26.8 Å². The van der Waals surface area contributed by atoms with Crippen LogP contribution >= 0.6 is 15.9 Å². The summed E-state index contributed by atoms with van der Waals surface area (Å²) < 4.78 is 46.1. The van der Waals surface area contributed by atoms with Crippen molar-refractivity contribution in [1.29, 1.82) is 0 Å². The van der Waals surface area contributed by atoms with E-state index in [1.807, 2.05) is 7.05 Å². The van der Waals surface area contributed by atoms with Crippen molar-refractivity contribution < 1.29 is 61.5 Å². The number of aromatic nitrogens is 1. The fourth-order valence-electron chi connectivity index (χ4n) is 2.34. The zero-order valence-electron chi connectivity index (χ0n) is 17.7. The summed E-state index contributed by atoms with van der Waals surface area (Å²) in [5, 5.41) is 4.46. The molecule has 1 heterocycles. The molecule has 4 radical (unpaired) electrons. The van der Waals surface area contributed by atoms with Gasteiger partial charge in [0.25, 0.3) is 0 Å². The third kappa shape index (κ3) is 18.5. The van der Waals surface area contributed by atoms with Gasteiger partial charge in [0.1, 0.15) is 0 Å². The molecule has 0 aliphatic carbocycles. The summed E-state index contributed by atoms with van der Waals surface area (Å²) in [5.74, 6) is 0. The number of benzene rings is 1. The van der Waals surface area contributed by atoms with Crippen LogP contribution in [0, 0.1) is 52.6 Å². The fraction of sp³-hybridized carbons (Fsp3) is 0.273. The number of H-pyrrole nitrogens is 1. The van der Waals surface area contributed by atoms with Crippen molar-refractivity contribution in [1.82, 2.24) is 10.3 Å². The number of rotatable bonds is 5. The molecule has 33 heavy (non-hydrogen) atoms. The number of halogens is 1. The number of fused-ring (bicyclic) bond motifs is 1. The maximum absolute atomic E-state index is 7.50. The maximum atomic E-state index is 7.50. The van der Waals surface area contributed by atoms with Gasteiger partial charge in [0, 0.05) is 60.0 Å². The molecule has 8 nitrogen and oxygen atoms in total. The number of hydrogen-bond donors (Lipinski definition) is 2. The molecule has 11 heteroatoms. The molecule has 0 spiro atoms. The third-order valence-electron chi connectivity index (χ3n) is 3.48. The summed E-state index contributed by atoms with van der Waals surface area (Å²) in [6, 6.07) is 6.33. The molecular formula is C22H19BrCo2N2O6. The van der Waals surface area contributed by atoms with E-state index in [1.54, 1.807) is 0 Å². The molecule has 0 fully saturated rings. The first-order valence-corrected chi connectivity index (χ1v) is 8.44. The van der Waals surface area contributed by atoms with E-state index in [1.165, 1.54) is 10.9 Å². The molecule has 2 aromatic rings. The minimum Gasteiger partial charge on any atom is -0.357 e. The van der Waals surface area contributed by atoms with Crippen LogP contribution in [0.3, 0.4) is 0 Å². The zero-order chi connectivity index (χ0) is 26.0. The Bertz CT molecular complexity index is 822. The predicted molar refractivity (Wildman–Crippen MR) is 108 cm³/mol. The van der Waals surface area contributed by atoms with Crippen molar-refractivity contribution in [2.45, 2.75) is 25.7 Å². The molecule has 2 rings (SSSR count). The van der Waals surface area contributed by atoms with Crippen LogP contribution in [0.15, 0.2) is 22.7 Å². The Morgan fingerprint density at radius 2 is 1.36 bits per heavy atom. The number of aromatic amines is 1. The van der Waals surface area contributed by atoms with Crippen LogP contribution in [0.1, 0.15) is 25.1 Å². The summed E-state index contributed by atoms with van der Waals surface area (Å²) in [7, 11) is 1.97. The second kappa shape index (κ2) is 35.0. The summed E-state index contributed by atoms with van der Waals surface area (Å²) in [6.45, 7) is 37.8. The molecule has 0 saturated carbocycles. The summed E-state index contributed by atoms with van der Waals surface area (Å²) in [6.07, 6.45) is 3.86. The van der Waals surface area contributed by atoms with E-state index in [0.29, 0.717) is 0 Å². The van der Waals surface area contributed by atoms with E-state index in [9.17, 15) is 0 Å². The Morgan fingerprint density at radius 1 is 0.939 bits per heavy atom. The Kier molecular flexibility index (Phi) is 51.7. The monoisotopic (exact) mass is 604 g/mol. The average molecular weight is 605 g/mol. The third-order valence-corrected chi connectivity index (χ3v) is 3.97. The molecule has 2 N–H and O–H groups in total. The summed E-state index contributed by atoms with van der Waals surface area (Å²) in [4.78, 5) is 3.50. The molecule has 0 unspecified atom stereocenters. The van der Waals surface area contributed by atoms with E-state index in [4.69, 9.17) is 34.5 Å². The van der Waals surface area contributed by atoms with E-state index in [-0.39, 0.29) is 39.0 Å². The van der Waals surface area contributed by atoms with Gasteiger partial charge in [0.15, 0.2) is 0 Å². The molecule has 0 amide bonds. The van der Waals surface area contributed by atoms with E-state index in [0.717, 1.165) is 28.6 Å². The molecule has 0 bridgehead atoms.